The molecule has 2 aliphatic heterocycles. The SMILES string of the molecule is NC(=NCC(O)CN1CCc2ccccc2C1)N1CCCCC1. The van der Waals surface area contributed by atoms with Crippen LogP contribution in [-0.2, 0) is 13.0 Å². The minimum absolute atomic E-state index is 0.389. The molecule has 1 atom stereocenters. The molecule has 0 spiro atoms. The summed E-state index contributed by atoms with van der Waals surface area (Å²) in [5.74, 6) is 0.590. The van der Waals surface area contributed by atoms with Crippen molar-refractivity contribution in [2.24, 2.45) is 10.7 Å². The van der Waals surface area contributed by atoms with Crippen LogP contribution in [0.3, 0.4) is 0 Å². The molecule has 1 saturated heterocycles. The van der Waals surface area contributed by atoms with Crippen molar-refractivity contribution in [2.75, 3.05) is 32.7 Å². The molecule has 1 unspecified atom stereocenters. The van der Waals surface area contributed by atoms with Gasteiger partial charge in [0.2, 0.25) is 0 Å². The van der Waals surface area contributed by atoms with Crippen LogP contribution in [0.4, 0.5) is 0 Å². The molecule has 2 heterocycles. The van der Waals surface area contributed by atoms with Crippen molar-refractivity contribution >= 4 is 5.96 Å². The molecule has 1 aromatic carbocycles. The van der Waals surface area contributed by atoms with Gasteiger partial charge in [-0.25, -0.2) is 0 Å². The van der Waals surface area contributed by atoms with Crippen molar-refractivity contribution in [2.45, 2.75) is 38.3 Å². The molecule has 2 aliphatic rings. The molecule has 5 nitrogen and oxygen atoms in total. The number of rotatable bonds is 4. The van der Waals surface area contributed by atoms with Gasteiger partial charge in [-0.2, -0.15) is 0 Å². The lowest BCUT2D eigenvalue weighted by molar-refractivity contribution is 0.111. The lowest BCUT2D eigenvalue weighted by Gasteiger charge is -2.30. The summed E-state index contributed by atoms with van der Waals surface area (Å²) in [5.41, 5.74) is 8.86. The number of fused-ring (bicyclic) bond motifs is 1. The summed E-state index contributed by atoms with van der Waals surface area (Å²) in [4.78, 5) is 8.84. The maximum absolute atomic E-state index is 10.3. The van der Waals surface area contributed by atoms with Crippen molar-refractivity contribution in [3.8, 4) is 0 Å². The predicted molar refractivity (Wildman–Crippen MR) is 93.3 cm³/mol. The van der Waals surface area contributed by atoms with Gasteiger partial charge in [-0.15, -0.1) is 0 Å². The third kappa shape index (κ3) is 4.45. The van der Waals surface area contributed by atoms with Crippen LogP contribution in [0.1, 0.15) is 30.4 Å². The highest BCUT2D eigenvalue weighted by molar-refractivity contribution is 5.78. The van der Waals surface area contributed by atoms with Gasteiger partial charge >= 0.3 is 0 Å². The van der Waals surface area contributed by atoms with Gasteiger partial charge in [0.05, 0.1) is 12.6 Å². The Bertz CT molecular complexity index is 540. The number of aliphatic imine (C=N–C) groups is 1. The Labute approximate surface area is 138 Å². The zero-order chi connectivity index (χ0) is 16.1. The number of benzene rings is 1. The maximum Gasteiger partial charge on any atom is 0.191 e. The molecule has 1 aromatic rings. The molecular formula is C18H28N4O. The molecule has 0 saturated carbocycles. The summed E-state index contributed by atoms with van der Waals surface area (Å²) in [7, 11) is 0. The Morgan fingerprint density at radius 1 is 1.13 bits per heavy atom. The molecule has 3 N–H and O–H groups in total. The number of guanidine groups is 1. The van der Waals surface area contributed by atoms with Crippen molar-refractivity contribution in [3.05, 3.63) is 35.4 Å². The third-order valence-corrected chi connectivity index (χ3v) is 4.82. The Morgan fingerprint density at radius 3 is 2.65 bits per heavy atom. The topological polar surface area (TPSA) is 65.1 Å². The first-order valence-electron chi connectivity index (χ1n) is 8.74. The second kappa shape index (κ2) is 7.79. The van der Waals surface area contributed by atoms with E-state index in [2.05, 4.69) is 39.1 Å². The molecule has 0 amide bonds. The monoisotopic (exact) mass is 316 g/mol. The lowest BCUT2D eigenvalue weighted by Crippen LogP contribution is -2.42. The minimum atomic E-state index is -0.455. The average molecular weight is 316 g/mol. The number of hydrogen-bond acceptors (Lipinski definition) is 3. The normalized spacial score (nSPS) is 21.1. The van der Waals surface area contributed by atoms with E-state index in [1.807, 2.05) is 0 Å². The first-order chi connectivity index (χ1) is 11.2. The van der Waals surface area contributed by atoms with Gasteiger partial charge in [0.25, 0.3) is 0 Å². The Balaban J connectivity index is 1.47. The van der Waals surface area contributed by atoms with E-state index in [9.17, 15) is 5.11 Å². The largest absolute Gasteiger partial charge is 0.390 e. The number of nitrogens with two attached hydrogens (primary N) is 1. The fraction of sp³-hybridized carbons (Fsp3) is 0.611. The fourth-order valence-electron chi connectivity index (χ4n) is 3.49. The van der Waals surface area contributed by atoms with E-state index in [0.29, 0.717) is 19.0 Å². The van der Waals surface area contributed by atoms with Crippen LogP contribution in [-0.4, -0.2) is 59.7 Å². The summed E-state index contributed by atoms with van der Waals surface area (Å²) in [5, 5.41) is 10.3. The Morgan fingerprint density at radius 2 is 1.87 bits per heavy atom. The van der Waals surface area contributed by atoms with Crippen LogP contribution in [0.2, 0.25) is 0 Å². The summed E-state index contributed by atoms with van der Waals surface area (Å²) in [6.07, 6.45) is 4.26. The number of β-amino-alcohol motifs (C(OH)–C–C–N with tert-alkyl or cyclic N) is 1. The molecule has 0 aliphatic carbocycles. The van der Waals surface area contributed by atoms with Gasteiger partial charge in [0.15, 0.2) is 5.96 Å². The van der Waals surface area contributed by atoms with Crippen LogP contribution in [0.5, 0.6) is 0 Å². The summed E-state index contributed by atoms with van der Waals surface area (Å²) in [6, 6.07) is 8.57. The molecule has 0 aromatic heterocycles. The standard InChI is InChI=1S/C18H28N4O/c19-18(22-9-4-1-5-10-22)20-12-17(23)14-21-11-8-15-6-2-3-7-16(15)13-21/h2-3,6-7,17,23H,1,4-5,8-14H2,(H2,19,20). The smallest absolute Gasteiger partial charge is 0.191 e. The maximum atomic E-state index is 10.3. The van der Waals surface area contributed by atoms with Gasteiger partial charge in [-0.05, 0) is 36.8 Å². The first-order valence-corrected chi connectivity index (χ1v) is 8.74. The van der Waals surface area contributed by atoms with E-state index >= 15 is 0 Å². The first kappa shape index (κ1) is 16.3. The molecule has 1 fully saturated rings. The number of likely N-dealkylation sites (tertiary alicyclic amines) is 1. The van der Waals surface area contributed by atoms with Gasteiger partial charge in [0, 0.05) is 32.7 Å². The van der Waals surface area contributed by atoms with Crippen molar-refractivity contribution in [3.63, 3.8) is 0 Å². The van der Waals surface area contributed by atoms with E-state index < -0.39 is 6.10 Å². The predicted octanol–water partition coefficient (Wildman–Crippen LogP) is 1.21. The van der Waals surface area contributed by atoms with Gasteiger partial charge < -0.3 is 15.7 Å². The number of aliphatic hydroxyl groups is 1. The molecule has 23 heavy (non-hydrogen) atoms. The Kier molecular flexibility index (Phi) is 5.51. The summed E-state index contributed by atoms with van der Waals surface area (Å²) in [6.45, 7) is 4.95. The highest BCUT2D eigenvalue weighted by Gasteiger charge is 2.18. The molecule has 0 bridgehead atoms. The second-order valence-electron chi connectivity index (χ2n) is 6.65. The second-order valence-corrected chi connectivity index (χ2v) is 6.65. The number of piperidine rings is 1. The van der Waals surface area contributed by atoms with Crippen LogP contribution in [0.15, 0.2) is 29.3 Å². The zero-order valence-corrected chi connectivity index (χ0v) is 13.8. The summed E-state index contributed by atoms with van der Waals surface area (Å²) >= 11 is 0. The van der Waals surface area contributed by atoms with Crippen LogP contribution < -0.4 is 5.73 Å². The lowest BCUT2D eigenvalue weighted by atomic mass is 10.00. The van der Waals surface area contributed by atoms with Crippen LogP contribution in [0.25, 0.3) is 0 Å². The molecule has 0 radical (unpaired) electrons. The van der Waals surface area contributed by atoms with Gasteiger partial charge in [0.1, 0.15) is 0 Å². The quantitative estimate of drug-likeness (QED) is 0.647. The Hall–Kier alpha value is -1.59. The molecule has 3 rings (SSSR count). The third-order valence-electron chi connectivity index (χ3n) is 4.82. The van der Waals surface area contributed by atoms with E-state index in [1.165, 1.54) is 30.4 Å². The van der Waals surface area contributed by atoms with Gasteiger partial charge in [-0.1, -0.05) is 24.3 Å². The van der Waals surface area contributed by atoms with Crippen molar-refractivity contribution in [1.82, 2.24) is 9.80 Å². The fourth-order valence-corrected chi connectivity index (χ4v) is 3.49. The van der Waals surface area contributed by atoms with E-state index in [4.69, 9.17) is 5.73 Å². The highest BCUT2D eigenvalue weighted by atomic mass is 16.3. The van der Waals surface area contributed by atoms with E-state index in [0.717, 1.165) is 32.6 Å². The number of nitrogens with zero attached hydrogens (tertiary/aromatic N) is 3. The van der Waals surface area contributed by atoms with E-state index in [1.54, 1.807) is 0 Å². The average Bonchev–Trinajstić information content (AvgIpc) is 2.60. The molecule has 126 valence electrons. The number of hydrogen-bond donors (Lipinski definition) is 2. The highest BCUT2D eigenvalue weighted by Crippen LogP contribution is 2.18. The molecule has 5 heteroatoms. The number of aliphatic hydroxyl groups excluding tert-OH is 1. The summed E-state index contributed by atoms with van der Waals surface area (Å²) < 4.78 is 0. The zero-order valence-electron chi connectivity index (χ0n) is 13.8. The van der Waals surface area contributed by atoms with Crippen LogP contribution >= 0.6 is 0 Å². The van der Waals surface area contributed by atoms with Crippen molar-refractivity contribution in [1.29, 1.82) is 0 Å². The van der Waals surface area contributed by atoms with Crippen LogP contribution in [0, 0.1) is 0 Å². The molecular weight excluding hydrogens is 288 g/mol. The van der Waals surface area contributed by atoms with E-state index in [-0.39, 0.29) is 0 Å². The minimum Gasteiger partial charge on any atom is -0.390 e. The van der Waals surface area contributed by atoms with Gasteiger partial charge in [-0.3, -0.25) is 9.89 Å². The van der Waals surface area contributed by atoms with Crippen molar-refractivity contribution < 1.29 is 5.11 Å².